The lowest BCUT2D eigenvalue weighted by molar-refractivity contribution is -0.133. The molecule has 1 saturated heterocycles. The average molecular weight is 247 g/mol. The molecule has 2 aliphatic rings. The molecule has 1 aromatic rings. The summed E-state index contributed by atoms with van der Waals surface area (Å²) in [7, 11) is 0. The summed E-state index contributed by atoms with van der Waals surface area (Å²) < 4.78 is 0. The standard InChI is InChI=1S/C14H17NOS/c16-14(15-8-4-1-5-9-15)12-10-17-13-7-3-2-6-11(12)13/h2-3,6-7,12H,1,4-5,8-10H2. The van der Waals surface area contributed by atoms with Crippen molar-refractivity contribution in [1.82, 2.24) is 4.90 Å². The molecule has 3 heteroatoms. The lowest BCUT2D eigenvalue weighted by Crippen LogP contribution is -2.38. The zero-order valence-corrected chi connectivity index (χ0v) is 10.7. The second-order valence-corrected chi connectivity index (χ2v) is 5.85. The van der Waals surface area contributed by atoms with Crippen LogP contribution in [0.3, 0.4) is 0 Å². The first-order valence-corrected chi connectivity index (χ1v) is 7.35. The normalized spacial score (nSPS) is 23.5. The van der Waals surface area contributed by atoms with Gasteiger partial charge in [-0.3, -0.25) is 4.79 Å². The van der Waals surface area contributed by atoms with Gasteiger partial charge >= 0.3 is 0 Å². The van der Waals surface area contributed by atoms with Crippen LogP contribution in [0.15, 0.2) is 29.2 Å². The van der Waals surface area contributed by atoms with Gasteiger partial charge in [-0.05, 0) is 30.9 Å². The van der Waals surface area contributed by atoms with Crippen molar-refractivity contribution in [2.75, 3.05) is 18.8 Å². The number of rotatable bonds is 1. The Morgan fingerprint density at radius 2 is 1.94 bits per heavy atom. The van der Waals surface area contributed by atoms with E-state index in [0.29, 0.717) is 5.91 Å². The maximum atomic E-state index is 12.5. The summed E-state index contributed by atoms with van der Waals surface area (Å²) in [5, 5.41) is 0. The number of nitrogens with zero attached hydrogens (tertiary/aromatic N) is 1. The van der Waals surface area contributed by atoms with Crippen LogP contribution < -0.4 is 0 Å². The van der Waals surface area contributed by atoms with Gasteiger partial charge < -0.3 is 4.90 Å². The molecule has 0 aliphatic carbocycles. The van der Waals surface area contributed by atoms with Crippen LogP contribution in [-0.4, -0.2) is 29.6 Å². The number of carbonyl (C=O) groups is 1. The summed E-state index contributed by atoms with van der Waals surface area (Å²) in [6, 6.07) is 8.34. The molecule has 2 nitrogen and oxygen atoms in total. The highest BCUT2D eigenvalue weighted by atomic mass is 32.2. The van der Waals surface area contributed by atoms with Crippen LogP contribution in [0.5, 0.6) is 0 Å². The maximum absolute atomic E-state index is 12.5. The van der Waals surface area contributed by atoms with Gasteiger partial charge in [0.15, 0.2) is 0 Å². The lowest BCUT2D eigenvalue weighted by Gasteiger charge is -2.29. The largest absolute Gasteiger partial charge is 0.342 e. The molecule has 1 aromatic carbocycles. The number of likely N-dealkylation sites (tertiary alicyclic amines) is 1. The van der Waals surface area contributed by atoms with Crippen LogP contribution >= 0.6 is 11.8 Å². The summed E-state index contributed by atoms with van der Waals surface area (Å²) >= 11 is 1.82. The molecule has 0 spiro atoms. The minimum atomic E-state index is 0.106. The molecule has 1 atom stereocenters. The number of amides is 1. The first-order chi connectivity index (χ1) is 8.36. The van der Waals surface area contributed by atoms with E-state index in [1.54, 1.807) is 0 Å². The number of fused-ring (bicyclic) bond motifs is 1. The van der Waals surface area contributed by atoms with Crippen molar-refractivity contribution in [2.45, 2.75) is 30.1 Å². The number of benzene rings is 1. The number of carbonyl (C=O) groups excluding carboxylic acids is 1. The average Bonchev–Trinajstić information content (AvgIpc) is 2.83. The van der Waals surface area contributed by atoms with Crippen LogP contribution in [0, 0.1) is 0 Å². The van der Waals surface area contributed by atoms with Gasteiger partial charge in [-0.1, -0.05) is 18.2 Å². The predicted octanol–water partition coefficient (Wildman–Crippen LogP) is 2.89. The van der Waals surface area contributed by atoms with E-state index in [4.69, 9.17) is 0 Å². The van der Waals surface area contributed by atoms with E-state index >= 15 is 0 Å². The Balaban J connectivity index is 1.79. The van der Waals surface area contributed by atoms with Gasteiger partial charge in [0.05, 0.1) is 5.92 Å². The Morgan fingerprint density at radius 3 is 2.76 bits per heavy atom. The summed E-state index contributed by atoms with van der Waals surface area (Å²) in [6.07, 6.45) is 3.63. The lowest BCUT2D eigenvalue weighted by atomic mass is 9.98. The summed E-state index contributed by atoms with van der Waals surface area (Å²) in [5.41, 5.74) is 1.24. The SMILES string of the molecule is O=C(C1CSc2ccccc21)N1CCCCC1. The molecule has 1 fully saturated rings. The van der Waals surface area contributed by atoms with Crippen molar-refractivity contribution in [3.63, 3.8) is 0 Å². The molecule has 90 valence electrons. The van der Waals surface area contributed by atoms with E-state index < -0.39 is 0 Å². The Morgan fingerprint density at radius 1 is 1.18 bits per heavy atom. The molecule has 0 aromatic heterocycles. The van der Waals surface area contributed by atoms with Crippen LogP contribution in [0.4, 0.5) is 0 Å². The van der Waals surface area contributed by atoms with Crippen molar-refractivity contribution in [1.29, 1.82) is 0 Å². The van der Waals surface area contributed by atoms with Gasteiger partial charge in [0.2, 0.25) is 5.91 Å². The fourth-order valence-electron chi connectivity index (χ4n) is 2.70. The van der Waals surface area contributed by atoms with E-state index in [2.05, 4.69) is 23.1 Å². The Bertz CT molecular complexity index is 426. The molecular formula is C14H17NOS. The zero-order chi connectivity index (χ0) is 11.7. The number of piperidine rings is 1. The summed E-state index contributed by atoms with van der Waals surface area (Å²) in [4.78, 5) is 15.8. The minimum absolute atomic E-state index is 0.106. The van der Waals surface area contributed by atoms with E-state index in [0.717, 1.165) is 18.8 Å². The fraction of sp³-hybridized carbons (Fsp3) is 0.500. The van der Waals surface area contributed by atoms with Crippen LogP contribution in [0.1, 0.15) is 30.7 Å². The highest BCUT2D eigenvalue weighted by molar-refractivity contribution is 7.99. The molecule has 2 heterocycles. The van der Waals surface area contributed by atoms with Gasteiger partial charge in [-0.15, -0.1) is 11.8 Å². The van der Waals surface area contributed by atoms with Crippen molar-refractivity contribution >= 4 is 17.7 Å². The smallest absolute Gasteiger partial charge is 0.231 e. The second kappa shape index (κ2) is 4.73. The topological polar surface area (TPSA) is 20.3 Å². The molecule has 0 saturated carbocycles. The monoisotopic (exact) mass is 247 g/mol. The molecule has 3 rings (SSSR count). The molecule has 0 radical (unpaired) electrons. The molecule has 0 bridgehead atoms. The fourth-order valence-corrected chi connectivity index (χ4v) is 3.92. The first kappa shape index (κ1) is 11.1. The van der Waals surface area contributed by atoms with E-state index in [1.807, 2.05) is 17.8 Å². The van der Waals surface area contributed by atoms with Gasteiger partial charge in [0, 0.05) is 23.7 Å². The van der Waals surface area contributed by atoms with Crippen LogP contribution in [0.25, 0.3) is 0 Å². The van der Waals surface area contributed by atoms with E-state index in [-0.39, 0.29) is 5.92 Å². The molecule has 17 heavy (non-hydrogen) atoms. The third-order valence-corrected chi connectivity index (χ3v) is 4.85. The van der Waals surface area contributed by atoms with Gasteiger partial charge in [-0.2, -0.15) is 0 Å². The molecule has 1 amide bonds. The summed E-state index contributed by atoms with van der Waals surface area (Å²) in [5.74, 6) is 1.38. The van der Waals surface area contributed by atoms with Crippen molar-refractivity contribution in [3.8, 4) is 0 Å². The van der Waals surface area contributed by atoms with Crippen LogP contribution in [0.2, 0.25) is 0 Å². The number of hydrogen-bond acceptors (Lipinski definition) is 2. The molecule has 1 unspecified atom stereocenters. The number of thioether (sulfide) groups is 1. The molecular weight excluding hydrogens is 230 g/mol. The van der Waals surface area contributed by atoms with Gasteiger partial charge in [0.1, 0.15) is 0 Å². The minimum Gasteiger partial charge on any atom is -0.342 e. The highest BCUT2D eigenvalue weighted by Gasteiger charge is 2.32. The van der Waals surface area contributed by atoms with E-state index in [1.165, 1.54) is 29.7 Å². The van der Waals surface area contributed by atoms with Gasteiger partial charge in [0.25, 0.3) is 0 Å². The quantitative estimate of drug-likeness (QED) is 0.760. The first-order valence-electron chi connectivity index (χ1n) is 6.37. The maximum Gasteiger partial charge on any atom is 0.231 e. The van der Waals surface area contributed by atoms with Crippen molar-refractivity contribution in [2.24, 2.45) is 0 Å². The summed E-state index contributed by atoms with van der Waals surface area (Å²) in [6.45, 7) is 1.92. The zero-order valence-electron chi connectivity index (χ0n) is 9.89. The van der Waals surface area contributed by atoms with Crippen molar-refractivity contribution < 1.29 is 4.79 Å². The Kier molecular flexibility index (Phi) is 3.10. The second-order valence-electron chi connectivity index (χ2n) is 4.79. The highest BCUT2D eigenvalue weighted by Crippen LogP contribution is 2.40. The Hall–Kier alpha value is -0.960. The van der Waals surface area contributed by atoms with Crippen LogP contribution in [-0.2, 0) is 4.79 Å². The molecule has 0 N–H and O–H groups in total. The van der Waals surface area contributed by atoms with Gasteiger partial charge in [-0.25, -0.2) is 0 Å². The third kappa shape index (κ3) is 2.08. The van der Waals surface area contributed by atoms with E-state index in [9.17, 15) is 4.79 Å². The Labute approximate surface area is 106 Å². The van der Waals surface area contributed by atoms with Crippen molar-refractivity contribution in [3.05, 3.63) is 29.8 Å². The third-order valence-electron chi connectivity index (χ3n) is 3.67. The number of hydrogen-bond donors (Lipinski definition) is 0. The molecule has 2 aliphatic heterocycles. The predicted molar refractivity (Wildman–Crippen MR) is 70.3 cm³/mol.